The van der Waals surface area contributed by atoms with Crippen molar-refractivity contribution in [2.75, 3.05) is 12.3 Å². The molecule has 3 aromatic rings. The number of carbonyl (C=O) groups excluding carboxylic acids is 1. The summed E-state index contributed by atoms with van der Waals surface area (Å²) in [5.41, 5.74) is 9.45. The predicted molar refractivity (Wildman–Crippen MR) is 92.4 cm³/mol. The Morgan fingerprint density at radius 2 is 2.26 bits per heavy atom. The van der Waals surface area contributed by atoms with Crippen LogP contribution in [0.2, 0.25) is 0 Å². The molecule has 23 heavy (non-hydrogen) atoms. The van der Waals surface area contributed by atoms with E-state index in [0.717, 1.165) is 41.0 Å². The molecule has 0 radical (unpaired) electrons. The minimum Gasteiger partial charge on any atom is -0.375 e. The van der Waals surface area contributed by atoms with Gasteiger partial charge in [-0.05, 0) is 37.5 Å². The van der Waals surface area contributed by atoms with E-state index in [1.807, 2.05) is 30.5 Å². The average Bonchev–Trinajstić information content (AvgIpc) is 3.08. The first-order valence-electron chi connectivity index (χ1n) is 7.52. The fourth-order valence-corrected chi connectivity index (χ4v) is 3.07. The van der Waals surface area contributed by atoms with Gasteiger partial charge in [0.05, 0.1) is 23.1 Å². The van der Waals surface area contributed by atoms with E-state index in [1.54, 1.807) is 0 Å². The number of imidazole rings is 1. The van der Waals surface area contributed by atoms with Crippen molar-refractivity contribution in [1.82, 2.24) is 20.3 Å². The summed E-state index contributed by atoms with van der Waals surface area (Å²) >= 11 is 1.44. The molecule has 7 heteroatoms. The lowest BCUT2D eigenvalue weighted by molar-refractivity contribution is -0.120. The molecule has 2 aromatic heterocycles. The Morgan fingerprint density at radius 1 is 1.39 bits per heavy atom. The number of hydrogen-bond donors (Lipinski definition) is 3. The van der Waals surface area contributed by atoms with Gasteiger partial charge in [0.15, 0.2) is 5.13 Å². The number of rotatable bonds is 6. The number of thiazole rings is 1. The van der Waals surface area contributed by atoms with Gasteiger partial charge >= 0.3 is 0 Å². The number of anilines is 1. The van der Waals surface area contributed by atoms with Gasteiger partial charge in [0.2, 0.25) is 5.91 Å². The summed E-state index contributed by atoms with van der Waals surface area (Å²) in [5, 5.41) is 5.49. The van der Waals surface area contributed by atoms with Gasteiger partial charge in [-0.3, -0.25) is 4.79 Å². The maximum Gasteiger partial charge on any atom is 0.224 e. The van der Waals surface area contributed by atoms with Crippen LogP contribution in [0.15, 0.2) is 23.6 Å². The van der Waals surface area contributed by atoms with Crippen LogP contribution in [0.25, 0.3) is 11.0 Å². The molecule has 0 aliphatic heterocycles. The number of aryl methyl sites for hydroxylation is 2. The van der Waals surface area contributed by atoms with E-state index in [1.165, 1.54) is 11.3 Å². The minimum absolute atomic E-state index is 0.0263. The van der Waals surface area contributed by atoms with Crippen molar-refractivity contribution in [2.24, 2.45) is 0 Å². The highest BCUT2D eigenvalue weighted by Crippen LogP contribution is 2.14. The second-order valence-corrected chi connectivity index (χ2v) is 6.37. The van der Waals surface area contributed by atoms with E-state index in [9.17, 15) is 4.79 Å². The summed E-state index contributed by atoms with van der Waals surface area (Å²) < 4.78 is 0. The monoisotopic (exact) mass is 329 g/mol. The summed E-state index contributed by atoms with van der Waals surface area (Å²) in [6.45, 7) is 2.56. The van der Waals surface area contributed by atoms with Crippen LogP contribution in [-0.2, 0) is 17.6 Å². The first kappa shape index (κ1) is 15.5. The van der Waals surface area contributed by atoms with Crippen LogP contribution >= 0.6 is 11.3 Å². The molecule has 0 spiro atoms. The van der Waals surface area contributed by atoms with Crippen LogP contribution in [0.3, 0.4) is 0 Å². The Labute approximate surface area is 138 Å². The second-order valence-electron chi connectivity index (χ2n) is 5.48. The topological polar surface area (TPSA) is 96.7 Å². The smallest absolute Gasteiger partial charge is 0.224 e. The summed E-state index contributed by atoms with van der Waals surface area (Å²) in [6, 6.07) is 5.86. The zero-order chi connectivity index (χ0) is 16.2. The van der Waals surface area contributed by atoms with Crippen molar-refractivity contribution in [3.63, 3.8) is 0 Å². The number of aromatic amines is 1. The summed E-state index contributed by atoms with van der Waals surface area (Å²) in [5.74, 6) is 0.905. The SMILES string of the molecule is Cc1nc2ccc(CC(=O)NCCCc3csc(N)n3)cc2[nH]1. The number of amides is 1. The van der Waals surface area contributed by atoms with Crippen LogP contribution < -0.4 is 11.1 Å². The number of nitrogens with zero attached hydrogens (tertiary/aromatic N) is 2. The molecular formula is C16H19N5OS. The minimum atomic E-state index is 0.0263. The maximum atomic E-state index is 12.0. The third kappa shape index (κ3) is 4.07. The number of benzene rings is 1. The van der Waals surface area contributed by atoms with Crippen molar-refractivity contribution in [3.8, 4) is 0 Å². The van der Waals surface area contributed by atoms with Crippen LogP contribution in [-0.4, -0.2) is 27.4 Å². The van der Waals surface area contributed by atoms with Gasteiger partial charge in [-0.2, -0.15) is 0 Å². The number of nitrogen functional groups attached to an aromatic ring is 1. The molecule has 0 fully saturated rings. The van der Waals surface area contributed by atoms with Gasteiger partial charge in [0, 0.05) is 11.9 Å². The van der Waals surface area contributed by atoms with E-state index in [4.69, 9.17) is 5.73 Å². The first-order chi connectivity index (χ1) is 11.1. The number of hydrogen-bond acceptors (Lipinski definition) is 5. The highest BCUT2D eigenvalue weighted by molar-refractivity contribution is 7.13. The number of nitrogens with two attached hydrogens (primary N) is 1. The molecular weight excluding hydrogens is 310 g/mol. The van der Waals surface area contributed by atoms with E-state index in [-0.39, 0.29) is 5.91 Å². The normalized spacial score (nSPS) is 11.0. The van der Waals surface area contributed by atoms with Crippen LogP contribution in [0, 0.1) is 6.92 Å². The molecule has 1 aromatic carbocycles. The Kier molecular flexibility index (Phi) is 4.57. The van der Waals surface area contributed by atoms with Crippen molar-refractivity contribution in [3.05, 3.63) is 40.7 Å². The molecule has 0 bridgehead atoms. The van der Waals surface area contributed by atoms with Crippen molar-refractivity contribution >= 4 is 33.4 Å². The first-order valence-corrected chi connectivity index (χ1v) is 8.40. The lowest BCUT2D eigenvalue weighted by Crippen LogP contribution is -2.26. The molecule has 1 amide bonds. The fraction of sp³-hybridized carbons (Fsp3) is 0.312. The van der Waals surface area contributed by atoms with Crippen molar-refractivity contribution < 1.29 is 4.79 Å². The largest absolute Gasteiger partial charge is 0.375 e. The zero-order valence-electron chi connectivity index (χ0n) is 12.9. The summed E-state index contributed by atoms with van der Waals surface area (Å²) in [4.78, 5) is 23.7. The number of aromatic nitrogens is 3. The molecule has 120 valence electrons. The van der Waals surface area contributed by atoms with Crippen LogP contribution in [0.1, 0.15) is 23.5 Å². The van der Waals surface area contributed by atoms with Gasteiger partial charge in [-0.15, -0.1) is 11.3 Å². The van der Waals surface area contributed by atoms with Gasteiger partial charge in [-0.25, -0.2) is 9.97 Å². The lowest BCUT2D eigenvalue weighted by Gasteiger charge is -2.05. The molecule has 0 atom stereocenters. The third-order valence-corrected chi connectivity index (χ3v) is 4.25. The fourth-order valence-electron chi connectivity index (χ4n) is 2.48. The van der Waals surface area contributed by atoms with Gasteiger partial charge in [-0.1, -0.05) is 6.07 Å². The van der Waals surface area contributed by atoms with E-state index < -0.39 is 0 Å². The Morgan fingerprint density at radius 3 is 3.04 bits per heavy atom. The summed E-state index contributed by atoms with van der Waals surface area (Å²) in [6.07, 6.45) is 2.05. The molecule has 2 heterocycles. The average molecular weight is 329 g/mol. The molecule has 3 rings (SSSR count). The molecule has 0 aliphatic rings. The second kappa shape index (κ2) is 6.78. The number of carbonyl (C=O) groups is 1. The maximum absolute atomic E-state index is 12.0. The zero-order valence-corrected chi connectivity index (χ0v) is 13.7. The Hall–Kier alpha value is -2.41. The standard InChI is InChI=1S/C16H19N5OS/c1-10-19-13-5-4-11(7-14(13)20-10)8-15(22)18-6-2-3-12-9-23-16(17)21-12/h4-5,7,9H,2-3,6,8H2,1H3,(H2,17,21)(H,18,22)(H,19,20). The van der Waals surface area contributed by atoms with E-state index >= 15 is 0 Å². The highest BCUT2D eigenvalue weighted by atomic mass is 32.1. The lowest BCUT2D eigenvalue weighted by atomic mass is 10.1. The van der Waals surface area contributed by atoms with Crippen molar-refractivity contribution in [1.29, 1.82) is 0 Å². The van der Waals surface area contributed by atoms with Crippen LogP contribution in [0.4, 0.5) is 5.13 Å². The Balaban J connectivity index is 1.46. The van der Waals surface area contributed by atoms with E-state index in [2.05, 4.69) is 20.3 Å². The van der Waals surface area contributed by atoms with Gasteiger partial charge in [0.25, 0.3) is 0 Å². The summed E-state index contributed by atoms with van der Waals surface area (Å²) in [7, 11) is 0. The number of H-pyrrole nitrogens is 1. The molecule has 0 saturated carbocycles. The van der Waals surface area contributed by atoms with Gasteiger partial charge < -0.3 is 16.0 Å². The van der Waals surface area contributed by atoms with Gasteiger partial charge in [0.1, 0.15) is 5.82 Å². The molecule has 6 nitrogen and oxygen atoms in total. The Bertz CT molecular complexity index is 823. The van der Waals surface area contributed by atoms with E-state index in [0.29, 0.717) is 18.1 Å². The highest BCUT2D eigenvalue weighted by Gasteiger charge is 2.06. The predicted octanol–water partition coefficient (Wildman–Crippen LogP) is 2.20. The third-order valence-electron chi connectivity index (χ3n) is 3.53. The number of fused-ring (bicyclic) bond motifs is 1. The van der Waals surface area contributed by atoms with Crippen molar-refractivity contribution in [2.45, 2.75) is 26.2 Å². The molecule has 0 saturated heterocycles. The molecule has 0 aliphatic carbocycles. The quantitative estimate of drug-likeness (QED) is 0.604. The van der Waals surface area contributed by atoms with Crippen LogP contribution in [0.5, 0.6) is 0 Å². The molecule has 4 N–H and O–H groups in total. The molecule has 0 unspecified atom stereocenters. The number of nitrogens with one attached hydrogen (secondary N) is 2.